The van der Waals surface area contributed by atoms with Gasteiger partial charge in [-0.2, -0.15) is 0 Å². The predicted molar refractivity (Wildman–Crippen MR) is 50.9 cm³/mol. The summed E-state index contributed by atoms with van der Waals surface area (Å²) in [6.45, 7) is 2.80. The van der Waals surface area contributed by atoms with Gasteiger partial charge in [-0.25, -0.2) is 0 Å². The van der Waals surface area contributed by atoms with Gasteiger partial charge in [-0.05, 0) is 0 Å². The van der Waals surface area contributed by atoms with Gasteiger partial charge in [0.1, 0.15) is 0 Å². The van der Waals surface area contributed by atoms with Crippen molar-refractivity contribution in [2.45, 2.75) is 17.8 Å². The summed E-state index contributed by atoms with van der Waals surface area (Å²) >= 11 is 0.957. The van der Waals surface area contributed by atoms with Gasteiger partial charge in [-0.15, -0.1) is 0 Å². The van der Waals surface area contributed by atoms with Crippen LogP contribution in [0.3, 0.4) is 0 Å². The summed E-state index contributed by atoms with van der Waals surface area (Å²) in [6.07, 6.45) is 0. The van der Waals surface area contributed by atoms with Crippen LogP contribution < -0.4 is 0 Å². The third-order valence-electron chi connectivity index (χ3n) is 1.90. The summed E-state index contributed by atoms with van der Waals surface area (Å²) < 4.78 is 3.65. The van der Waals surface area contributed by atoms with Gasteiger partial charge >= 0.3 is 99.4 Å². The minimum absolute atomic E-state index is 0.0561. The zero-order valence-electron chi connectivity index (χ0n) is 8.26. The van der Waals surface area contributed by atoms with Crippen LogP contribution in [0.25, 0.3) is 0 Å². The summed E-state index contributed by atoms with van der Waals surface area (Å²) in [5, 5.41) is 17.8. The molecule has 0 aliphatic heterocycles. The van der Waals surface area contributed by atoms with E-state index in [2.05, 4.69) is 4.74 Å². The standard InChI is InChI=1S/C8H12O6Te/c1-3-14-7(13)8(4(2)15,5(9)10)6(11)12/h4,15H,3H2,1-2H3,(H,9,10)(H,11,12). The Balaban J connectivity index is 5.43. The van der Waals surface area contributed by atoms with Crippen molar-refractivity contribution in [3.63, 3.8) is 0 Å². The molecule has 0 aliphatic rings. The SMILES string of the molecule is CCOC(=O)C(C(=O)O)(C(=O)O)C(C)[TeH]. The van der Waals surface area contributed by atoms with Crippen LogP contribution in [-0.2, 0) is 19.1 Å². The third-order valence-corrected chi connectivity index (χ3v) is 3.00. The molecule has 0 fully saturated rings. The fraction of sp³-hybridized carbons (Fsp3) is 0.625. The number of carboxylic acid groups (broad SMARTS) is 2. The molecule has 7 heteroatoms. The van der Waals surface area contributed by atoms with Crippen LogP contribution in [0.2, 0.25) is 3.97 Å². The maximum absolute atomic E-state index is 11.4. The fourth-order valence-corrected chi connectivity index (χ4v) is 1.97. The zero-order valence-corrected chi connectivity index (χ0v) is 10.8. The molecule has 0 rings (SSSR count). The van der Waals surface area contributed by atoms with Gasteiger partial charge in [-0.1, -0.05) is 0 Å². The third kappa shape index (κ3) is 2.41. The Hall–Kier alpha value is -0.800. The van der Waals surface area contributed by atoms with Gasteiger partial charge in [0.2, 0.25) is 0 Å². The number of carbonyl (C=O) groups excluding carboxylic acids is 1. The molecule has 1 atom stereocenters. The van der Waals surface area contributed by atoms with E-state index in [1.165, 1.54) is 13.8 Å². The molecule has 0 heterocycles. The van der Waals surface area contributed by atoms with Crippen molar-refractivity contribution in [2.24, 2.45) is 5.41 Å². The van der Waals surface area contributed by atoms with Crippen LogP contribution in [0.5, 0.6) is 0 Å². The van der Waals surface area contributed by atoms with E-state index < -0.39 is 27.3 Å². The van der Waals surface area contributed by atoms with Crippen LogP contribution in [0.15, 0.2) is 0 Å². The van der Waals surface area contributed by atoms with E-state index in [0.29, 0.717) is 0 Å². The maximum atomic E-state index is 11.4. The van der Waals surface area contributed by atoms with Gasteiger partial charge in [0.05, 0.1) is 0 Å². The molecular weight excluding hydrogens is 320 g/mol. The zero-order chi connectivity index (χ0) is 12.2. The molecule has 0 aliphatic carbocycles. The molecule has 0 radical (unpaired) electrons. The molecule has 6 nitrogen and oxygen atoms in total. The summed E-state index contributed by atoms with van der Waals surface area (Å²) in [7, 11) is 0. The van der Waals surface area contributed by atoms with Gasteiger partial charge < -0.3 is 0 Å². The van der Waals surface area contributed by atoms with Crippen LogP contribution in [0.4, 0.5) is 0 Å². The first-order valence-electron chi connectivity index (χ1n) is 4.13. The van der Waals surface area contributed by atoms with Gasteiger partial charge in [0, 0.05) is 0 Å². The number of ether oxygens (including phenoxy) is 1. The molecule has 2 N–H and O–H groups in total. The molecule has 0 bridgehead atoms. The van der Waals surface area contributed by atoms with E-state index in [1.807, 2.05) is 0 Å². The normalized spacial score (nSPS) is 13.0. The van der Waals surface area contributed by atoms with Crippen molar-refractivity contribution in [1.29, 1.82) is 0 Å². The monoisotopic (exact) mass is 334 g/mol. The minimum atomic E-state index is -2.50. The van der Waals surface area contributed by atoms with E-state index in [0.717, 1.165) is 22.3 Å². The quantitative estimate of drug-likeness (QED) is 0.397. The van der Waals surface area contributed by atoms with E-state index in [-0.39, 0.29) is 6.61 Å². The van der Waals surface area contributed by atoms with Crippen LogP contribution >= 0.6 is 0 Å². The summed E-state index contributed by atoms with van der Waals surface area (Å²) in [5.41, 5.74) is -2.50. The van der Waals surface area contributed by atoms with Crippen molar-refractivity contribution in [2.75, 3.05) is 6.61 Å². The van der Waals surface area contributed by atoms with Crippen molar-refractivity contribution in [3.8, 4) is 0 Å². The predicted octanol–water partition coefficient (Wildman–Crippen LogP) is -0.586. The number of hydrogen-bond donors (Lipinski definition) is 2. The molecule has 0 spiro atoms. The topological polar surface area (TPSA) is 101 Å². The van der Waals surface area contributed by atoms with Gasteiger partial charge in [0.15, 0.2) is 0 Å². The van der Waals surface area contributed by atoms with Crippen LogP contribution in [-0.4, -0.2) is 57.0 Å². The molecule has 1 unspecified atom stereocenters. The van der Waals surface area contributed by atoms with Gasteiger partial charge in [-0.3, -0.25) is 0 Å². The number of hydrogen-bond acceptors (Lipinski definition) is 4. The first-order chi connectivity index (χ1) is 6.81. The second-order valence-electron chi connectivity index (χ2n) is 2.81. The van der Waals surface area contributed by atoms with E-state index in [1.54, 1.807) is 0 Å². The summed E-state index contributed by atoms with van der Waals surface area (Å²) in [4.78, 5) is 33.3. The second kappa shape index (κ2) is 5.33. The van der Waals surface area contributed by atoms with E-state index in [9.17, 15) is 14.4 Å². The Kier molecular flexibility index (Phi) is 5.04. The molecule has 0 aromatic heterocycles. The number of esters is 1. The number of carbonyl (C=O) groups is 3. The van der Waals surface area contributed by atoms with Crippen molar-refractivity contribution < 1.29 is 29.3 Å². The number of rotatable bonds is 5. The molecule has 0 aromatic rings. The summed E-state index contributed by atoms with van der Waals surface area (Å²) in [6, 6.07) is 0. The first-order valence-corrected chi connectivity index (χ1v) is 5.61. The molecule has 0 saturated heterocycles. The Morgan fingerprint density at radius 1 is 1.33 bits per heavy atom. The van der Waals surface area contributed by atoms with Crippen molar-refractivity contribution in [3.05, 3.63) is 0 Å². The Labute approximate surface area is 99.5 Å². The van der Waals surface area contributed by atoms with Crippen LogP contribution in [0, 0.1) is 5.41 Å². The average molecular weight is 332 g/mol. The fourth-order valence-electron chi connectivity index (χ4n) is 1.04. The summed E-state index contributed by atoms with van der Waals surface area (Å²) in [5.74, 6) is -4.61. The number of carboxylic acids is 2. The first kappa shape index (κ1) is 14.2. The number of aliphatic carboxylic acids is 2. The van der Waals surface area contributed by atoms with Crippen molar-refractivity contribution in [1.82, 2.24) is 0 Å². The Morgan fingerprint density at radius 3 is 1.93 bits per heavy atom. The van der Waals surface area contributed by atoms with E-state index >= 15 is 0 Å². The molecular formula is C8H12O6Te. The molecule has 0 saturated carbocycles. The second-order valence-corrected chi connectivity index (χ2v) is 5.03. The molecule has 0 amide bonds. The van der Waals surface area contributed by atoms with Crippen molar-refractivity contribution >= 4 is 40.2 Å². The molecule has 0 aromatic carbocycles. The molecule has 15 heavy (non-hydrogen) atoms. The average Bonchev–Trinajstić information content (AvgIpc) is 2.02. The Bertz CT molecular complexity index is 271. The molecule has 86 valence electrons. The van der Waals surface area contributed by atoms with Gasteiger partial charge in [0.25, 0.3) is 0 Å². The van der Waals surface area contributed by atoms with E-state index in [4.69, 9.17) is 10.2 Å². The Morgan fingerprint density at radius 2 is 1.73 bits per heavy atom. The van der Waals surface area contributed by atoms with Crippen LogP contribution in [0.1, 0.15) is 13.8 Å².